The average Bonchev–Trinajstić information content (AvgIpc) is 3.87. The van der Waals surface area contributed by atoms with Crippen molar-refractivity contribution in [2.75, 3.05) is 0 Å². The molecule has 0 aliphatic rings. The van der Waals surface area contributed by atoms with Gasteiger partial charge in [-0.15, -0.1) is 0 Å². The van der Waals surface area contributed by atoms with Gasteiger partial charge in [-0.3, -0.25) is 4.57 Å². The Balaban J connectivity index is 1.31. The minimum Gasteiger partial charge on any atom is -0.455 e. The highest BCUT2D eigenvalue weighted by Crippen LogP contribution is 2.40. The van der Waals surface area contributed by atoms with E-state index in [2.05, 4.69) is 0 Å². The van der Waals surface area contributed by atoms with Crippen molar-refractivity contribution < 1.29 is 18.1 Å². The number of para-hydroxylation sites is 2. The molecule has 0 N–H and O–H groups in total. The lowest BCUT2D eigenvalue weighted by Crippen LogP contribution is -2.06. The highest BCUT2D eigenvalue weighted by molar-refractivity contribution is 6.23. The maximum atomic E-state index is 9.49. The van der Waals surface area contributed by atoms with Crippen LogP contribution in [0.3, 0.4) is 0 Å². The molecular formula is C45H28N4O. The van der Waals surface area contributed by atoms with Crippen molar-refractivity contribution >= 4 is 43.7 Å². The molecule has 3 aromatic heterocycles. The third kappa shape index (κ3) is 4.60. The monoisotopic (exact) mass is 650 g/mol. The Morgan fingerprint density at radius 1 is 0.440 bits per heavy atom. The van der Waals surface area contributed by atoms with Gasteiger partial charge in [0.25, 0.3) is 0 Å². The van der Waals surface area contributed by atoms with Crippen molar-refractivity contribution in [3.8, 4) is 51.0 Å². The summed E-state index contributed by atoms with van der Waals surface area (Å²) in [5.41, 5.74) is 4.60. The van der Waals surface area contributed by atoms with E-state index in [1.54, 1.807) is 0 Å². The largest absolute Gasteiger partial charge is 0.455 e. The Kier molecular flexibility index (Phi) is 4.52. The van der Waals surface area contributed by atoms with Crippen LogP contribution in [0.15, 0.2) is 174 Å². The standard InChI is InChI=1S/C45H28N4O/c1-3-11-29(12-4-1)31-19-23-33(24-20-31)43-46-44(34-25-21-32(22-26-34)30-13-5-2-6-14-30)48-45(47-43)49-38-17-9-7-16-37(38)41-39(49)28-27-36-35-15-8-10-18-40(35)50-42(36)41/h1-28H/i7D,8D,9D,10D,15D,16D,17D,18D,27D,28D. The first-order valence-electron chi connectivity index (χ1n) is 20.9. The molecule has 0 unspecified atom stereocenters. The Morgan fingerprint density at radius 2 is 0.960 bits per heavy atom. The molecule has 0 fully saturated rings. The summed E-state index contributed by atoms with van der Waals surface area (Å²) in [6, 6.07) is 30.0. The molecule has 0 spiro atoms. The second kappa shape index (κ2) is 11.4. The van der Waals surface area contributed by atoms with Gasteiger partial charge in [-0.2, -0.15) is 9.97 Å². The SMILES string of the molecule is [2H]c1c([2H])c([2H])c2c(oc3c2c([2H])c([2H])c2c3c3c([2H])c([2H])c([2H])c([2H])c3n2-c2nc(-c3ccc(-c4ccccc4)cc3)nc(-c3ccc(-c4ccccc4)cc3)n2)c1[2H]. The van der Waals surface area contributed by atoms with Crippen molar-refractivity contribution in [3.05, 3.63) is 170 Å². The first-order chi connectivity index (χ1) is 28.9. The summed E-state index contributed by atoms with van der Waals surface area (Å²) in [6.45, 7) is 0. The molecule has 0 saturated heterocycles. The normalized spacial score (nSPS) is 14.4. The maximum Gasteiger partial charge on any atom is 0.238 e. The second-order valence-electron chi connectivity index (χ2n) is 11.7. The number of furan rings is 1. The van der Waals surface area contributed by atoms with E-state index >= 15 is 0 Å². The fraction of sp³-hybridized carbons (Fsp3) is 0. The van der Waals surface area contributed by atoms with Gasteiger partial charge in [0, 0.05) is 27.3 Å². The van der Waals surface area contributed by atoms with E-state index in [1.807, 2.05) is 109 Å². The van der Waals surface area contributed by atoms with Gasteiger partial charge in [0.15, 0.2) is 11.6 Å². The molecule has 0 aliphatic carbocycles. The fourth-order valence-corrected chi connectivity index (χ4v) is 6.38. The van der Waals surface area contributed by atoms with Crippen molar-refractivity contribution in [1.29, 1.82) is 0 Å². The number of aromatic nitrogens is 4. The number of nitrogens with zero attached hydrogens (tertiary/aromatic N) is 4. The summed E-state index contributed by atoms with van der Waals surface area (Å²) in [7, 11) is 0. The summed E-state index contributed by atoms with van der Waals surface area (Å²) >= 11 is 0. The van der Waals surface area contributed by atoms with E-state index in [0.717, 1.165) is 22.3 Å². The molecule has 0 atom stereocenters. The fourth-order valence-electron chi connectivity index (χ4n) is 6.38. The predicted molar refractivity (Wildman–Crippen MR) is 203 cm³/mol. The van der Waals surface area contributed by atoms with Crippen LogP contribution >= 0.6 is 0 Å². The summed E-state index contributed by atoms with van der Waals surface area (Å²) < 4.78 is 96.1. The van der Waals surface area contributed by atoms with E-state index in [-0.39, 0.29) is 61.3 Å². The van der Waals surface area contributed by atoms with Gasteiger partial charge in [-0.25, -0.2) is 4.98 Å². The third-order valence-electron chi connectivity index (χ3n) is 8.79. The number of hydrogen-bond donors (Lipinski definition) is 0. The number of fused-ring (bicyclic) bond motifs is 7. The van der Waals surface area contributed by atoms with Crippen LogP contribution in [0.25, 0.3) is 94.7 Å². The molecule has 0 radical (unpaired) electrons. The van der Waals surface area contributed by atoms with Crippen molar-refractivity contribution in [2.24, 2.45) is 0 Å². The van der Waals surface area contributed by atoms with Crippen LogP contribution in [0.4, 0.5) is 0 Å². The Morgan fingerprint density at radius 3 is 1.58 bits per heavy atom. The minimum atomic E-state index is -0.560. The highest BCUT2D eigenvalue weighted by Gasteiger charge is 2.21. The van der Waals surface area contributed by atoms with Gasteiger partial charge < -0.3 is 4.42 Å². The van der Waals surface area contributed by atoms with Crippen LogP contribution in [0.5, 0.6) is 0 Å². The molecule has 5 heteroatoms. The average molecular weight is 651 g/mol. The second-order valence-corrected chi connectivity index (χ2v) is 11.7. The zero-order valence-electron chi connectivity index (χ0n) is 36.1. The van der Waals surface area contributed by atoms with E-state index in [0.29, 0.717) is 11.1 Å². The molecule has 50 heavy (non-hydrogen) atoms. The molecule has 0 saturated carbocycles. The van der Waals surface area contributed by atoms with Crippen LogP contribution in [0.1, 0.15) is 13.7 Å². The maximum absolute atomic E-state index is 9.49. The van der Waals surface area contributed by atoms with Crippen LogP contribution < -0.4 is 0 Å². The van der Waals surface area contributed by atoms with Gasteiger partial charge in [0.05, 0.1) is 30.1 Å². The van der Waals surface area contributed by atoms with Crippen molar-refractivity contribution in [3.63, 3.8) is 0 Å². The van der Waals surface area contributed by atoms with Gasteiger partial charge in [0.2, 0.25) is 5.95 Å². The smallest absolute Gasteiger partial charge is 0.238 e. The Labute approximate surface area is 301 Å². The van der Waals surface area contributed by atoms with Crippen molar-refractivity contribution in [2.45, 2.75) is 0 Å². The summed E-state index contributed by atoms with van der Waals surface area (Å²) in [4.78, 5) is 14.7. The molecule has 3 heterocycles. The van der Waals surface area contributed by atoms with Crippen LogP contribution in [0.2, 0.25) is 0 Å². The molecule has 5 nitrogen and oxygen atoms in total. The minimum absolute atomic E-state index is 0.00371. The van der Waals surface area contributed by atoms with Gasteiger partial charge in [-0.1, -0.05) is 145 Å². The van der Waals surface area contributed by atoms with E-state index in [1.165, 1.54) is 4.57 Å². The predicted octanol–water partition coefficient (Wildman–Crippen LogP) is 11.5. The first kappa shape index (κ1) is 19.8. The molecule has 10 aromatic rings. The third-order valence-corrected chi connectivity index (χ3v) is 8.79. The lowest BCUT2D eigenvalue weighted by molar-refractivity contribution is 0.673. The number of benzene rings is 7. The van der Waals surface area contributed by atoms with Gasteiger partial charge >= 0.3 is 0 Å². The topological polar surface area (TPSA) is 56.7 Å². The summed E-state index contributed by atoms with van der Waals surface area (Å²) in [6.07, 6.45) is 0. The molecule has 234 valence electrons. The zero-order valence-corrected chi connectivity index (χ0v) is 26.1. The van der Waals surface area contributed by atoms with Crippen molar-refractivity contribution in [1.82, 2.24) is 19.5 Å². The number of hydrogen-bond acceptors (Lipinski definition) is 4. The van der Waals surface area contributed by atoms with Crippen LogP contribution in [0, 0.1) is 0 Å². The van der Waals surface area contributed by atoms with Gasteiger partial charge in [0.1, 0.15) is 11.2 Å². The molecule has 0 bridgehead atoms. The van der Waals surface area contributed by atoms with Crippen LogP contribution in [-0.2, 0) is 0 Å². The van der Waals surface area contributed by atoms with E-state index < -0.39 is 60.4 Å². The Hall–Kier alpha value is -6.85. The van der Waals surface area contributed by atoms with Gasteiger partial charge in [-0.05, 0) is 46.4 Å². The quantitative estimate of drug-likeness (QED) is 0.186. The first-order valence-corrected chi connectivity index (χ1v) is 15.9. The highest BCUT2D eigenvalue weighted by atomic mass is 16.3. The van der Waals surface area contributed by atoms with E-state index in [9.17, 15) is 4.11 Å². The summed E-state index contributed by atoms with van der Waals surface area (Å²) in [5, 5.41) is -0.258. The molecule has 0 amide bonds. The zero-order chi connectivity index (χ0) is 41.7. The Bertz CT molecular complexity index is 3310. The van der Waals surface area contributed by atoms with Crippen LogP contribution in [-0.4, -0.2) is 19.5 Å². The number of rotatable bonds is 5. The lowest BCUT2D eigenvalue weighted by Gasteiger charge is -2.11. The summed E-state index contributed by atoms with van der Waals surface area (Å²) in [5.74, 6) is 0.347. The lowest BCUT2D eigenvalue weighted by atomic mass is 10.0. The molecule has 7 aromatic carbocycles. The molecule has 0 aliphatic heterocycles. The molecule has 10 rings (SSSR count). The molecular weight excluding hydrogens is 613 g/mol. The van der Waals surface area contributed by atoms with E-state index in [4.69, 9.17) is 29.0 Å².